The monoisotopic (exact) mass is 246 g/mol. The van der Waals surface area contributed by atoms with Gasteiger partial charge >= 0.3 is 0 Å². The topological polar surface area (TPSA) is 73.0 Å². The van der Waals surface area contributed by atoms with E-state index in [9.17, 15) is 10.1 Å². The lowest BCUT2D eigenvalue weighted by Crippen LogP contribution is -1.94. The molecule has 0 radical (unpaired) electrons. The van der Waals surface area contributed by atoms with Crippen LogP contribution in [0.4, 0.5) is 17.1 Å². The molecule has 6 nitrogen and oxygen atoms in total. The predicted molar refractivity (Wildman–Crippen MR) is 69.0 cm³/mol. The highest BCUT2D eigenvalue weighted by Crippen LogP contribution is 2.23. The highest BCUT2D eigenvalue weighted by atomic mass is 16.6. The summed E-state index contributed by atoms with van der Waals surface area (Å²) in [6.07, 6.45) is 2.66. The second kappa shape index (κ2) is 4.87. The van der Waals surface area contributed by atoms with Gasteiger partial charge < -0.3 is 5.32 Å². The molecule has 1 aromatic carbocycles. The van der Waals surface area contributed by atoms with Gasteiger partial charge in [0.25, 0.3) is 5.69 Å². The van der Waals surface area contributed by atoms with E-state index in [0.717, 1.165) is 17.8 Å². The maximum atomic E-state index is 10.7. The molecule has 0 fully saturated rings. The molecule has 1 N–H and O–H groups in total. The van der Waals surface area contributed by atoms with E-state index in [1.54, 1.807) is 16.8 Å². The zero-order valence-corrected chi connectivity index (χ0v) is 10.3. The van der Waals surface area contributed by atoms with E-state index in [4.69, 9.17) is 0 Å². The second-order valence-corrected chi connectivity index (χ2v) is 3.95. The molecule has 0 saturated carbocycles. The molecule has 6 heteroatoms. The Kier molecular flexibility index (Phi) is 3.27. The summed E-state index contributed by atoms with van der Waals surface area (Å²) >= 11 is 0. The summed E-state index contributed by atoms with van der Waals surface area (Å²) in [4.78, 5) is 10.3. The lowest BCUT2D eigenvalue weighted by atomic mass is 10.2. The molecule has 1 heterocycles. The summed E-state index contributed by atoms with van der Waals surface area (Å²) in [7, 11) is 1.85. The number of aromatic nitrogens is 2. The maximum absolute atomic E-state index is 10.7. The minimum absolute atomic E-state index is 0.0712. The third kappa shape index (κ3) is 2.48. The first-order valence-corrected chi connectivity index (χ1v) is 5.64. The number of hydrogen-bond acceptors (Lipinski definition) is 4. The van der Waals surface area contributed by atoms with Gasteiger partial charge in [-0.25, -0.2) is 0 Å². The quantitative estimate of drug-likeness (QED) is 0.664. The van der Waals surface area contributed by atoms with Crippen LogP contribution in [0.3, 0.4) is 0 Å². The summed E-state index contributed by atoms with van der Waals surface area (Å²) in [5.74, 6) is 0. The van der Waals surface area contributed by atoms with Crippen molar-refractivity contribution < 1.29 is 4.92 Å². The van der Waals surface area contributed by atoms with Gasteiger partial charge in [-0.3, -0.25) is 14.8 Å². The molecule has 18 heavy (non-hydrogen) atoms. The van der Waals surface area contributed by atoms with Crippen molar-refractivity contribution in [2.45, 2.75) is 13.3 Å². The van der Waals surface area contributed by atoms with Crippen molar-refractivity contribution in [3.63, 3.8) is 0 Å². The fourth-order valence-electron chi connectivity index (χ4n) is 1.75. The minimum Gasteiger partial charge on any atom is -0.353 e. The standard InChI is InChI=1S/C12H14N4O2/c1-3-11-12(8-15(2)14-11)13-9-5-4-6-10(7-9)16(17)18/h4-8,13H,3H2,1-2H3. The van der Waals surface area contributed by atoms with E-state index in [1.165, 1.54) is 12.1 Å². The molecule has 1 aromatic heterocycles. The van der Waals surface area contributed by atoms with Crippen LogP contribution in [0.5, 0.6) is 0 Å². The first-order chi connectivity index (χ1) is 8.60. The first-order valence-electron chi connectivity index (χ1n) is 5.64. The molecular formula is C12H14N4O2. The van der Waals surface area contributed by atoms with E-state index in [2.05, 4.69) is 10.4 Å². The first kappa shape index (κ1) is 12.1. The lowest BCUT2D eigenvalue weighted by molar-refractivity contribution is -0.384. The maximum Gasteiger partial charge on any atom is 0.271 e. The van der Waals surface area contributed by atoms with Gasteiger partial charge in [0.2, 0.25) is 0 Å². The molecule has 0 aliphatic carbocycles. The van der Waals surface area contributed by atoms with Crippen molar-refractivity contribution in [3.8, 4) is 0 Å². The van der Waals surface area contributed by atoms with Crippen LogP contribution in [-0.4, -0.2) is 14.7 Å². The number of hydrogen-bond donors (Lipinski definition) is 1. The average molecular weight is 246 g/mol. The number of nitro benzene ring substituents is 1. The Balaban J connectivity index is 2.28. The summed E-state index contributed by atoms with van der Waals surface area (Å²) < 4.78 is 1.72. The number of aryl methyl sites for hydroxylation is 2. The predicted octanol–water partition coefficient (Wildman–Crippen LogP) is 2.63. The Morgan fingerprint density at radius 2 is 2.28 bits per heavy atom. The molecular weight excluding hydrogens is 232 g/mol. The summed E-state index contributed by atoms with van der Waals surface area (Å²) in [5.41, 5.74) is 2.57. The van der Waals surface area contributed by atoms with Gasteiger partial charge in [-0.05, 0) is 12.5 Å². The van der Waals surface area contributed by atoms with Crippen LogP contribution in [0.25, 0.3) is 0 Å². The van der Waals surface area contributed by atoms with Crippen LogP contribution < -0.4 is 5.32 Å². The van der Waals surface area contributed by atoms with E-state index in [-0.39, 0.29) is 5.69 Å². The number of nitrogens with zero attached hydrogens (tertiary/aromatic N) is 3. The van der Waals surface area contributed by atoms with Crippen LogP contribution in [-0.2, 0) is 13.5 Å². The number of nitrogens with one attached hydrogen (secondary N) is 1. The summed E-state index contributed by atoms with van der Waals surface area (Å²) in [5, 5.41) is 18.1. The van der Waals surface area contributed by atoms with Crippen LogP contribution in [0.2, 0.25) is 0 Å². The molecule has 94 valence electrons. The zero-order chi connectivity index (χ0) is 13.1. The third-order valence-corrected chi connectivity index (χ3v) is 2.58. The fourth-order valence-corrected chi connectivity index (χ4v) is 1.75. The van der Waals surface area contributed by atoms with E-state index < -0.39 is 4.92 Å². The van der Waals surface area contributed by atoms with Gasteiger partial charge in [-0.1, -0.05) is 13.0 Å². The second-order valence-electron chi connectivity index (χ2n) is 3.95. The van der Waals surface area contributed by atoms with E-state index in [1.807, 2.05) is 20.2 Å². The molecule has 0 spiro atoms. The minimum atomic E-state index is -0.408. The number of rotatable bonds is 4. The SMILES string of the molecule is CCc1nn(C)cc1Nc1cccc([N+](=O)[O-])c1. The Hall–Kier alpha value is -2.37. The number of nitro groups is 1. The van der Waals surface area contributed by atoms with Gasteiger partial charge in [0.1, 0.15) is 0 Å². The lowest BCUT2D eigenvalue weighted by Gasteiger charge is -2.04. The van der Waals surface area contributed by atoms with Crippen molar-refractivity contribution >= 4 is 17.1 Å². The fraction of sp³-hybridized carbons (Fsp3) is 0.250. The molecule has 0 aliphatic heterocycles. The molecule has 0 aliphatic rings. The molecule has 0 bridgehead atoms. The van der Waals surface area contributed by atoms with Crippen molar-refractivity contribution in [1.29, 1.82) is 0 Å². The Bertz CT molecular complexity index is 577. The number of non-ortho nitro benzene ring substituents is 1. The molecule has 2 rings (SSSR count). The smallest absolute Gasteiger partial charge is 0.271 e. The normalized spacial score (nSPS) is 10.3. The van der Waals surface area contributed by atoms with Gasteiger partial charge in [0.05, 0.1) is 16.3 Å². The van der Waals surface area contributed by atoms with E-state index in [0.29, 0.717) is 5.69 Å². The molecule has 0 atom stereocenters. The van der Waals surface area contributed by atoms with Gasteiger partial charge in [-0.2, -0.15) is 5.10 Å². The molecule has 0 saturated heterocycles. The molecule has 0 unspecified atom stereocenters. The van der Waals surface area contributed by atoms with Crippen molar-refractivity contribution in [2.75, 3.05) is 5.32 Å². The number of benzene rings is 1. The highest BCUT2D eigenvalue weighted by molar-refractivity contribution is 5.63. The highest BCUT2D eigenvalue weighted by Gasteiger charge is 2.09. The summed E-state index contributed by atoms with van der Waals surface area (Å²) in [6.45, 7) is 2.01. The van der Waals surface area contributed by atoms with Crippen LogP contribution in [0, 0.1) is 10.1 Å². The molecule has 2 aromatic rings. The van der Waals surface area contributed by atoms with Gasteiger partial charge in [-0.15, -0.1) is 0 Å². The Morgan fingerprint density at radius 3 is 2.94 bits per heavy atom. The van der Waals surface area contributed by atoms with Crippen LogP contribution in [0.15, 0.2) is 30.5 Å². The van der Waals surface area contributed by atoms with Crippen LogP contribution >= 0.6 is 0 Å². The molecule has 0 amide bonds. The van der Waals surface area contributed by atoms with Crippen molar-refractivity contribution in [3.05, 3.63) is 46.3 Å². The zero-order valence-electron chi connectivity index (χ0n) is 10.3. The van der Waals surface area contributed by atoms with E-state index >= 15 is 0 Å². The Morgan fingerprint density at radius 1 is 1.50 bits per heavy atom. The van der Waals surface area contributed by atoms with Gasteiger partial charge in [0.15, 0.2) is 0 Å². The number of anilines is 2. The van der Waals surface area contributed by atoms with Crippen molar-refractivity contribution in [1.82, 2.24) is 9.78 Å². The Labute approximate surface area is 104 Å². The van der Waals surface area contributed by atoms with Gasteiger partial charge in [0, 0.05) is 31.1 Å². The van der Waals surface area contributed by atoms with Crippen molar-refractivity contribution in [2.24, 2.45) is 7.05 Å². The summed E-state index contributed by atoms with van der Waals surface area (Å²) in [6, 6.07) is 6.42. The third-order valence-electron chi connectivity index (χ3n) is 2.58. The average Bonchev–Trinajstić information content (AvgIpc) is 2.69. The largest absolute Gasteiger partial charge is 0.353 e. The van der Waals surface area contributed by atoms with Crippen LogP contribution in [0.1, 0.15) is 12.6 Å².